The van der Waals surface area contributed by atoms with Gasteiger partial charge < -0.3 is 97.5 Å². The van der Waals surface area contributed by atoms with E-state index in [0.717, 1.165) is 56.9 Å². The molecule has 120 heavy (non-hydrogen) atoms. The second-order valence-electron chi connectivity index (χ2n) is 27.4. The SMILES string of the molecule is Nc1nc2c(ncn2[C@H]2C[C@H](OP(=O)(O)OC[C@H]3O[C@@H](n4cnc5c(=O)[nH]c(N)nc54)C[C@@H]3OP(=O)(O)OC[C@H]3O[C@@H](n4cnc5c(=O)[nH]c(N)nc54)C[C@@H]3O)[C@@H](COP(=O)(O)O[C@H]3C[C@H](n4ccc(=O)nc4N)O[C@@H]3COP(=O)(O)O[C@H]3C[C@H](n4ccc(=O)nc4N)O[C@@H]3COP(=O)(O)O[C@H]3C[C@H](n4ccc(=O)nc4N)O[C@@H]3CO)O2)c(=O)[nH]1. The summed E-state index contributed by atoms with van der Waals surface area (Å²) in [6, 6.07) is 3.02. The van der Waals surface area contributed by atoms with E-state index in [-0.39, 0.29) is 64.2 Å². The zero-order valence-electron chi connectivity index (χ0n) is 61.1. The molecule has 5 unspecified atom stereocenters. The van der Waals surface area contributed by atoms with Gasteiger partial charge in [-0.25, -0.2) is 37.8 Å². The minimum absolute atomic E-state index is 0.00836. The molecule has 22 N–H and O–H groups in total. The number of nitrogen functional groups attached to an aromatic ring is 6. The van der Waals surface area contributed by atoms with Crippen molar-refractivity contribution >= 4 is 108 Å². The fraction of sp³-hybridized carbons (Fsp3) is 0.526. The van der Waals surface area contributed by atoms with Gasteiger partial charge in [-0.1, -0.05) is 0 Å². The van der Waals surface area contributed by atoms with Crippen LogP contribution in [-0.4, -0.2) is 235 Å². The third-order valence-corrected chi connectivity index (χ3v) is 24.5. The summed E-state index contributed by atoms with van der Waals surface area (Å²) in [6.45, 7) is -5.85. The fourth-order valence-corrected chi connectivity index (χ4v) is 18.8. The van der Waals surface area contributed by atoms with E-state index in [1.165, 1.54) is 26.2 Å². The molecule has 9 aromatic heterocycles. The van der Waals surface area contributed by atoms with Crippen molar-refractivity contribution in [3.05, 3.63) is 118 Å². The summed E-state index contributed by atoms with van der Waals surface area (Å²) < 4.78 is 169. The van der Waals surface area contributed by atoms with E-state index in [1.807, 2.05) is 0 Å². The van der Waals surface area contributed by atoms with Crippen LogP contribution in [0.15, 0.2) is 84.5 Å². The lowest BCUT2D eigenvalue weighted by Crippen LogP contribution is -2.32. The maximum Gasteiger partial charge on any atom is 0.472 e. The van der Waals surface area contributed by atoms with Gasteiger partial charge in [-0.2, -0.15) is 29.9 Å². The predicted octanol–water partition coefficient (Wildman–Crippen LogP) is -3.76. The Hall–Kier alpha value is -9.28. The number of aliphatic hydroxyl groups excluding tert-OH is 2. The van der Waals surface area contributed by atoms with Gasteiger partial charge in [-0.05, 0) is 0 Å². The van der Waals surface area contributed by atoms with Crippen LogP contribution in [0.4, 0.5) is 35.7 Å². The Kier molecular flexibility index (Phi) is 24.2. The van der Waals surface area contributed by atoms with E-state index in [9.17, 15) is 86.3 Å². The standard InChI is InChI=1S/C57H73N24O34P5/c58-52-70-46-43(49(87)73-52)64-19-79(46)37-7-22(83)29(106-37)14-100-116(90,91)114-26-11-41(80-20-65-44-47(80)71-53(59)74-50(44)88)109-32(26)17-104-120(98,99)115-27-12-42(81-21-66-45-48(81)72-54(60)75-51(45)89)110-33(27)18-103-119(96,97)113-25-10-40(78-6-3-36(86)69-57(78)63)108-31(25)16-102-118(94,95)112-24-9-39(77-5-2-35(85)68-56(77)62)107-30(24)15-101-117(92,93)111-23-8-38(105-28(23)13-82)76-4-1-34(84)67-55(76)61/h1-6,19-33,37-42,82-83H,7-18H2,(H,90,91)(H,92,93)(H,94,95)(H,96,97)(H,98,99)(H2,61,67,84)(H2,62,68,85)(H2,63,69,86)(H3,58,70,73,87)(H3,59,71,74,88)(H3,60,72,75,89)/t22-,23-,24-,25-,26-,27-,28+,29+,30+,31+,32+,33+,37+,38+,39+,40+,41+,42+/m0/s1. The number of nitrogens with one attached hydrogen (secondary N) is 3. The number of imidazole rings is 3. The highest BCUT2D eigenvalue weighted by Crippen LogP contribution is 2.57. The van der Waals surface area contributed by atoms with Crippen LogP contribution >= 0.6 is 39.1 Å². The molecule has 0 aliphatic carbocycles. The van der Waals surface area contributed by atoms with Crippen LogP contribution in [-0.2, 0) is 96.5 Å². The molecule has 0 saturated carbocycles. The lowest BCUT2D eigenvalue weighted by atomic mass is 10.2. The zero-order valence-corrected chi connectivity index (χ0v) is 65.6. The molecule has 0 radical (unpaired) electrons. The van der Waals surface area contributed by atoms with Crippen molar-refractivity contribution in [2.75, 3.05) is 74.0 Å². The molecule has 6 saturated heterocycles. The van der Waals surface area contributed by atoms with Crippen LogP contribution in [0.5, 0.6) is 0 Å². The number of H-pyrrole nitrogens is 3. The second kappa shape index (κ2) is 33.9. The molecule has 15 heterocycles. The predicted molar refractivity (Wildman–Crippen MR) is 394 cm³/mol. The van der Waals surface area contributed by atoms with Gasteiger partial charge in [0.25, 0.3) is 33.4 Å². The highest BCUT2D eigenvalue weighted by atomic mass is 31.2. The quantitative estimate of drug-likeness (QED) is 0.0180. The zero-order chi connectivity index (χ0) is 85.4. The Labute approximate surface area is 665 Å². The average Bonchev–Trinajstić information content (AvgIpc) is 1.63. The number of fused-ring (bicyclic) bond motifs is 3. The topological polar surface area (TPSA) is 826 Å². The van der Waals surface area contributed by atoms with Crippen LogP contribution in [0.2, 0.25) is 0 Å². The van der Waals surface area contributed by atoms with Gasteiger partial charge in [0, 0.05) is 75.3 Å². The Morgan fingerprint density at radius 1 is 0.367 bits per heavy atom. The molecule has 6 fully saturated rings. The molecular weight excluding hydrogens is 1720 g/mol. The number of nitrogens with zero attached hydrogens (tertiary/aromatic N) is 15. The maximum atomic E-state index is 14.4. The summed E-state index contributed by atoms with van der Waals surface area (Å²) >= 11 is 0. The van der Waals surface area contributed by atoms with Crippen molar-refractivity contribution in [2.45, 2.75) is 149 Å². The van der Waals surface area contributed by atoms with Crippen molar-refractivity contribution in [2.24, 2.45) is 0 Å². The van der Waals surface area contributed by atoms with E-state index in [4.69, 9.17) is 108 Å². The molecule has 0 spiro atoms. The minimum atomic E-state index is -5.63. The molecular formula is C57H73N24O34P5. The van der Waals surface area contributed by atoms with Crippen LogP contribution in [0.1, 0.15) is 75.9 Å². The number of anilines is 6. The largest absolute Gasteiger partial charge is 0.472 e. The number of aliphatic hydroxyl groups is 2. The first-order chi connectivity index (χ1) is 56.8. The van der Waals surface area contributed by atoms with E-state index >= 15 is 0 Å². The molecule has 650 valence electrons. The first kappa shape index (κ1) is 85.7. The minimum Gasteiger partial charge on any atom is -0.394 e. The normalized spacial score (nSPS) is 29.7. The molecule has 6 aliphatic heterocycles. The van der Waals surface area contributed by atoms with E-state index in [2.05, 4.69) is 59.8 Å². The van der Waals surface area contributed by atoms with Crippen LogP contribution in [0.3, 0.4) is 0 Å². The van der Waals surface area contributed by atoms with Gasteiger partial charge >= 0.3 is 39.1 Å². The summed E-state index contributed by atoms with van der Waals surface area (Å²) in [4.78, 5) is 174. The number of phosphoric ester groups is 5. The van der Waals surface area contributed by atoms with Crippen molar-refractivity contribution in [3.63, 3.8) is 0 Å². The van der Waals surface area contributed by atoms with Crippen molar-refractivity contribution in [3.8, 4) is 0 Å². The lowest BCUT2D eigenvalue weighted by molar-refractivity contribution is -0.0641. The number of phosphoric acid groups is 5. The van der Waals surface area contributed by atoms with E-state index in [0.29, 0.717) is 0 Å². The Morgan fingerprint density at radius 3 is 0.883 bits per heavy atom. The molecule has 0 amide bonds. The maximum absolute atomic E-state index is 14.4. The van der Waals surface area contributed by atoms with Crippen molar-refractivity contribution in [1.82, 2.24) is 87.2 Å². The van der Waals surface area contributed by atoms with Gasteiger partial charge in [0.2, 0.25) is 35.7 Å². The molecule has 23 atom stereocenters. The molecule has 63 heteroatoms. The van der Waals surface area contributed by atoms with E-state index in [1.54, 1.807) is 0 Å². The van der Waals surface area contributed by atoms with Gasteiger partial charge in [-0.15, -0.1) is 0 Å². The second-order valence-corrected chi connectivity index (χ2v) is 34.4. The number of hydrogen-bond acceptors (Lipinski definition) is 44. The van der Waals surface area contributed by atoms with Gasteiger partial charge in [0.05, 0.1) is 64.7 Å². The molecule has 15 rings (SSSR count). The van der Waals surface area contributed by atoms with Crippen LogP contribution in [0, 0.1) is 0 Å². The Morgan fingerprint density at radius 2 is 0.608 bits per heavy atom. The van der Waals surface area contributed by atoms with Gasteiger partial charge in [0.1, 0.15) is 105 Å². The number of aromatic nitrogens is 18. The number of hydrogen-bond donors (Lipinski definition) is 16. The first-order valence-electron chi connectivity index (χ1n) is 35.5. The third kappa shape index (κ3) is 19.0. The summed E-state index contributed by atoms with van der Waals surface area (Å²) in [7, 11) is -27.4. The summed E-state index contributed by atoms with van der Waals surface area (Å²) in [5, 5.41) is 21.2. The molecule has 0 bridgehead atoms. The molecule has 6 aliphatic rings. The smallest absolute Gasteiger partial charge is 0.394 e. The average molecular weight is 1790 g/mol. The number of rotatable bonds is 32. The third-order valence-electron chi connectivity index (χ3n) is 19.5. The van der Waals surface area contributed by atoms with Crippen molar-refractivity contribution < 1.29 is 131 Å². The molecule has 58 nitrogen and oxygen atoms in total. The number of aromatic amines is 3. The van der Waals surface area contributed by atoms with E-state index < -0.39 is 266 Å². The summed E-state index contributed by atoms with van der Waals surface area (Å²) in [6.07, 6.45) is -22.2. The Bertz CT molecular complexity index is 6010. The first-order valence-corrected chi connectivity index (χ1v) is 43.0. The highest BCUT2D eigenvalue weighted by molar-refractivity contribution is 7.48. The Balaban J connectivity index is 0.633. The van der Waals surface area contributed by atoms with Gasteiger partial charge in [-0.3, -0.25) is 116 Å². The number of nitrogens with two attached hydrogens (primary N) is 6. The van der Waals surface area contributed by atoms with Gasteiger partial charge in [0.15, 0.2) is 33.5 Å². The summed E-state index contributed by atoms with van der Waals surface area (Å²) in [5.41, 5.74) is 30.0. The van der Waals surface area contributed by atoms with Crippen molar-refractivity contribution in [1.29, 1.82) is 0 Å². The lowest BCUT2D eigenvalue weighted by Gasteiger charge is -2.26. The monoisotopic (exact) mass is 1790 g/mol. The fourth-order valence-electron chi connectivity index (χ4n) is 14.0. The highest BCUT2D eigenvalue weighted by Gasteiger charge is 2.52. The number of ether oxygens (including phenoxy) is 6. The van der Waals surface area contributed by atoms with Crippen LogP contribution < -0.4 is 67.8 Å². The molecule has 0 aromatic carbocycles. The summed E-state index contributed by atoms with van der Waals surface area (Å²) in [5.74, 6) is -2.20. The van der Waals surface area contributed by atoms with Crippen LogP contribution in [0.25, 0.3) is 33.5 Å². The molecule has 9 aromatic rings.